The summed E-state index contributed by atoms with van der Waals surface area (Å²) in [6, 6.07) is 0. The van der Waals surface area contributed by atoms with Gasteiger partial charge in [-0.05, 0) is 0 Å². The number of ether oxygens (including phenoxy) is 2. The molecule has 3 rings (SSSR count). The van der Waals surface area contributed by atoms with Crippen LogP contribution in [0.1, 0.15) is 0 Å². The van der Waals surface area contributed by atoms with Gasteiger partial charge in [-0.15, -0.1) is 0 Å². The van der Waals surface area contributed by atoms with Crippen LogP contribution in [0.25, 0.3) is 0 Å². The largest absolute Gasteiger partial charge is 0.344 e. The lowest BCUT2D eigenvalue weighted by molar-refractivity contribution is -0.162. The molecule has 100 valence electrons. The number of guanidine groups is 1. The topological polar surface area (TPSA) is 87.7 Å². The Balaban J connectivity index is 1.79. The second-order valence-electron chi connectivity index (χ2n) is 4.40. The molecule has 8 nitrogen and oxygen atoms in total. The molecule has 0 amide bonds. The molecule has 2 aliphatic heterocycles. The zero-order valence-corrected chi connectivity index (χ0v) is 10.3. The minimum absolute atomic E-state index is 0.400. The summed E-state index contributed by atoms with van der Waals surface area (Å²) in [5.41, 5.74) is 0. The molecule has 8 heteroatoms. The highest BCUT2D eigenvalue weighted by atomic mass is 16.7. The van der Waals surface area contributed by atoms with Crippen molar-refractivity contribution in [2.45, 2.75) is 12.5 Å². The van der Waals surface area contributed by atoms with Gasteiger partial charge in [0.25, 0.3) is 0 Å². The van der Waals surface area contributed by atoms with Crippen LogP contribution in [-0.4, -0.2) is 52.5 Å². The average molecular weight is 262 g/mol. The smallest absolute Gasteiger partial charge is 0.209 e. The van der Waals surface area contributed by atoms with Crippen molar-refractivity contribution >= 4 is 5.96 Å². The lowest BCUT2D eigenvalue weighted by Crippen LogP contribution is -2.55. The SMILES string of the molecule is N#CNC1=NCC2(CN1Cn1ccnc1)OCCO2. The van der Waals surface area contributed by atoms with E-state index in [0.29, 0.717) is 38.9 Å². The Kier molecular flexibility index (Phi) is 3.06. The lowest BCUT2D eigenvalue weighted by atomic mass is 10.2. The Bertz CT molecular complexity index is 500. The summed E-state index contributed by atoms with van der Waals surface area (Å²) in [6.45, 7) is 2.61. The average Bonchev–Trinajstić information content (AvgIpc) is 3.06. The molecule has 1 spiro atoms. The molecule has 0 aliphatic carbocycles. The van der Waals surface area contributed by atoms with E-state index >= 15 is 0 Å². The lowest BCUT2D eigenvalue weighted by Gasteiger charge is -2.37. The molecule has 19 heavy (non-hydrogen) atoms. The van der Waals surface area contributed by atoms with Crippen LogP contribution in [0, 0.1) is 11.5 Å². The first kappa shape index (κ1) is 12.0. The van der Waals surface area contributed by atoms with E-state index in [0.717, 1.165) is 0 Å². The van der Waals surface area contributed by atoms with E-state index < -0.39 is 5.79 Å². The molecule has 1 aromatic rings. The van der Waals surface area contributed by atoms with Crippen LogP contribution in [0.5, 0.6) is 0 Å². The van der Waals surface area contributed by atoms with Crippen molar-refractivity contribution in [3.05, 3.63) is 18.7 Å². The molecule has 1 aromatic heterocycles. The number of hydrogen-bond donors (Lipinski definition) is 1. The Hall–Kier alpha value is -2.11. The van der Waals surface area contributed by atoms with Crippen LogP contribution in [-0.2, 0) is 16.1 Å². The highest BCUT2D eigenvalue weighted by molar-refractivity contribution is 5.81. The van der Waals surface area contributed by atoms with E-state index in [4.69, 9.17) is 14.7 Å². The number of nitrogens with one attached hydrogen (secondary N) is 1. The van der Waals surface area contributed by atoms with Gasteiger partial charge in [-0.2, -0.15) is 5.26 Å². The molecule has 0 unspecified atom stereocenters. The van der Waals surface area contributed by atoms with Gasteiger partial charge in [0, 0.05) is 12.4 Å². The van der Waals surface area contributed by atoms with Crippen molar-refractivity contribution in [2.24, 2.45) is 4.99 Å². The summed E-state index contributed by atoms with van der Waals surface area (Å²) < 4.78 is 13.2. The standard InChI is InChI=1S/C11H14N6O2/c12-7-15-10-14-5-11(18-3-4-19-11)6-17(10)9-16-2-1-13-8-16/h1-2,8H,3-6,9H2,(H,14,15). The first-order valence-corrected chi connectivity index (χ1v) is 5.99. The van der Waals surface area contributed by atoms with E-state index in [1.54, 1.807) is 12.5 Å². The summed E-state index contributed by atoms with van der Waals surface area (Å²) in [6.07, 6.45) is 7.16. The predicted molar refractivity (Wildman–Crippen MR) is 64.6 cm³/mol. The zero-order chi connectivity index (χ0) is 13.1. The third kappa shape index (κ3) is 2.38. The number of aliphatic imine (C=N–C) groups is 1. The van der Waals surface area contributed by atoms with Crippen molar-refractivity contribution in [1.82, 2.24) is 19.8 Å². The van der Waals surface area contributed by atoms with Gasteiger partial charge in [-0.25, -0.2) is 9.98 Å². The van der Waals surface area contributed by atoms with Gasteiger partial charge in [-0.3, -0.25) is 5.32 Å². The zero-order valence-electron chi connectivity index (χ0n) is 10.3. The van der Waals surface area contributed by atoms with Gasteiger partial charge in [0.05, 0.1) is 39.3 Å². The van der Waals surface area contributed by atoms with Crippen LogP contribution in [0.15, 0.2) is 23.7 Å². The molecule has 0 aromatic carbocycles. The van der Waals surface area contributed by atoms with Gasteiger partial charge in [0.1, 0.15) is 0 Å². The fourth-order valence-corrected chi connectivity index (χ4v) is 2.24. The molecular formula is C11H14N6O2. The molecule has 0 bridgehead atoms. The van der Waals surface area contributed by atoms with E-state index in [2.05, 4.69) is 15.3 Å². The number of aromatic nitrogens is 2. The molecule has 0 radical (unpaired) electrons. The third-order valence-corrected chi connectivity index (χ3v) is 3.08. The maximum atomic E-state index is 8.77. The van der Waals surface area contributed by atoms with Crippen molar-refractivity contribution < 1.29 is 9.47 Å². The first-order valence-electron chi connectivity index (χ1n) is 5.99. The van der Waals surface area contributed by atoms with Crippen LogP contribution < -0.4 is 5.32 Å². The van der Waals surface area contributed by atoms with Crippen LogP contribution >= 0.6 is 0 Å². The minimum Gasteiger partial charge on any atom is -0.344 e. The van der Waals surface area contributed by atoms with Crippen molar-refractivity contribution in [2.75, 3.05) is 26.3 Å². The fourth-order valence-electron chi connectivity index (χ4n) is 2.24. The predicted octanol–water partition coefficient (Wildman–Crippen LogP) is -0.674. The second kappa shape index (κ2) is 4.87. The van der Waals surface area contributed by atoms with Crippen LogP contribution in [0.3, 0.4) is 0 Å². The third-order valence-electron chi connectivity index (χ3n) is 3.08. The fraction of sp³-hybridized carbons (Fsp3) is 0.545. The van der Waals surface area contributed by atoms with Gasteiger partial charge in [-0.1, -0.05) is 0 Å². The molecule has 1 N–H and O–H groups in total. The quantitative estimate of drug-likeness (QED) is 0.561. The summed E-state index contributed by atoms with van der Waals surface area (Å²) in [4.78, 5) is 10.2. The first-order chi connectivity index (χ1) is 9.31. The van der Waals surface area contributed by atoms with Crippen molar-refractivity contribution in [3.8, 4) is 6.19 Å². The number of imidazole rings is 1. The Morgan fingerprint density at radius 3 is 3.00 bits per heavy atom. The summed E-state index contributed by atoms with van der Waals surface area (Å²) >= 11 is 0. The molecule has 0 saturated carbocycles. The number of rotatable bonds is 2. The van der Waals surface area contributed by atoms with E-state index in [9.17, 15) is 0 Å². The Morgan fingerprint density at radius 1 is 1.47 bits per heavy atom. The molecule has 3 heterocycles. The summed E-state index contributed by atoms with van der Waals surface area (Å²) in [5, 5.41) is 11.4. The maximum Gasteiger partial charge on any atom is 0.209 e. The van der Waals surface area contributed by atoms with Crippen LogP contribution in [0.2, 0.25) is 0 Å². The monoisotopic (exact) mass is 262 g/mol. The molecule has 2 aliphatic rings. The van der Waals surface area contributed by atoms with Gasteiger partial charge >= 0.3 is 0 Å². The van der Waals surface area contributed by atoms with E-state index in [-0.39, 0.29) is 0 Å². The number of hydrogen-bond acceptors (Lipinski definition) is 7. The van der Waals surface area contributed by atoms with E-state index in [1.165, 1.54) is 0 Å². The van der Waals surface area contributed by atoms with Gasteiger partial charge in [0.2, 0.25) is 11.7 Å². The normalized spacial score (nSPS) is 21.2. The summed E-state index contributed by atoms with van der Waals surface area (Å²) in [7, 11) is 0. The van der Waals surface area contributed by atoms with Gasteiger partial charge < -0.3 is 18.9 Å². The van der Waals surface area contributed by atoms with Crippen molar-refractivity contribution in [1.29, 1.82) is 5.26 Å². The Morgan fingerprint density at radius 2 is 2.32 bits per heavy atom. The number of nitriles is 1. The maximum absolute atomic E-state index is 8.77. The van der Waals surface area contributed by atoms with Gasteiger partial charge in [0.15, 0.2) is 6.19 Å². The second-order valence-corrected chi connectivity index (χ2v) is 4.40. The highest BCUT2D eigenvalue weighted by Gasteiger charge is 2.42. The molecular weight excluding hydrogens is 248 g/mol. The Labute approximate surface area is 110 Å². The van der Waals surface area contributed by atoms with Crippen molar-refractivity contribution in [3.63, 3.8) is 0 Å². The summed E-state index contributed by atoms with van der Waals surface area (Å²) in [5.74, 6) is -0.151. The molecule has 0 atom stereocenters. The number of nitrogens with zero attached hydrogens (tertiary/aromatic N) is 5. The minimum atomic E-state index is -0.679. The van der Waals surface area contributed by atoms with E-state index in [1.807, 2.05) is 21.9 Å². The molecule has 1 saturated heterocycles. The highest BCUT2D eigenvalue weighted by Crippen LogP contribution is 2.24. The molecule has 1 fully saturated rings. The van der Waals surface area contributed by atoms with Crippen LogP contribution in [0.4, 0.5) is 0 Å².